The average Bonchev–Trinajstić information content (AvgIpc) is 3.30. The fraction of sp³-hybridized carbons (Fsp3) is 0.207. The minimum Gasteiger partial charge on any atom is -0.497 e. The fourth-order valence-electron chi connectivity index (χ4n) is 3.71. The average molecular weight is 551 g/mol. The minimum atomic E-state index is -1.15. The molecule has 0 saturated heterocycles. The van der Waals surface area contributed by atoms with E-state index in [0.29, 0.717) is 35.4 Å². The first kappa shape index (κ1) is 27.5. The Morgan fingerprint density at radius 3 is 2.23 bits per heavy atom. The molecule has 0 aliphatic heterocycles. The Kier molecular flexibility index (Phi) is 9.06. The number of carboxylic acid groups (broad SMARTS) is 1. The minimum absolute atomic E-state index is 0.0488. The van der Waals surface area contributed by atoms with Crippen LogP contribution in [0.2, 0.25) is 5.02 Å². The van der Waals surface area contributed by atoms with Gasteiger partial charge in [0.25, 0.3) is 0 Å². The predicted octanol–water partition coefficient (Wildman–Crippen LogP) is 6.02. The zero-order valence-electron chi connectivity index (χ0n) is 21.4. The molecule has 1 N–H and O–H groups in total. The highest BCUT2D eigenvalue weighted by atomic mass is 35.5. The number of nitrogens with zero attached hydrogens (tertiary/aromatic N) is 2. The number of halogens is 1. The van der Waals surface area contributed by atoms with Crippen LogP contribution >= 0.6 is 11.6 Å². The van der Waals surface area contributed by atoms with Crippen LogP contribution in [0.25, 0.3) is 11.5 Å². The van der Waals surface area contributed by atoms with Gasteiger partial charge in [-0.3, -0.25) is 9.69 Å². The summed E-state index contributed by atoms with van der Waals surface area (Å²) in [4.78, 5) is 29.7. The predicted molar refractivity (Wildman–Crippen MR) is 144 cm³/mol. The summed E-state index contributed by atoms with van der Waals surface area (Å²) in [6, 6.07) is 20.8. The summed E-state index contributed by atoms with van der Waals surface area (Å²) in [5.41, 5.74) is 2.36. The Hall–Kier alpha value is -4.50. The van der Waals surface area contributed by atoms with Gasteiger partial charge in [0.2, 0.25) is 5.89 Å². The second-order valence-corrected chi connectivity index (χ2v) is 9.00. The van der Waals surface area contributed by atoms with Crippen LogP contribution in [0.3, 0.4) is 0 Å². The highest BCUT2D eigenvalue weighted by Crippen LogP contribution is 2.24. The van der Waals surface area contributed by atoms with E-state index in [4.69, 9.17) is 30.2 Å². The van der Waals surface area contributed by atoms with Gasteiger partial charge in [-0.1, -0.05) is 23.7 Å². The van der Waals surface area contributed by atoms with E-state index in [9.17, 15) is 14.7 Å². The van der Waals surface area contributed by atoms with Crippen LogP contribution in [0.5, 0.6) is 17.2 Å². The third kappa shape index (κ3) is 7.75. The second kappa shape index (κ2) is 12.8. The van der Waals surface area contributed by atoms with Crippen molar-refractivity contribution in [3.05, 3.63) is 94.8 Å². The topological polar surface area (TPSA) is 111 Å². The molecule has 1 aromatic heterocycles. The quantitative estimate of drug-likeness (QED) is 0.241. The maximum absolute atomic E-state index is 12.6. The normalized spacial score (nSPS) is 10.6. The number of amides is 1. The molecule has 1 amide bonds. The lowest BCUT2D eigenvalue weighted by molar-refractivity contribution is -0.138. The van der Waals surface area contributed by atoms with E-state index in [1.54, 1.807) is 60.7 Å². The summed E-state index contributed by atoms with van der Waals surface area (Å²) in [6.07, 6.45) is -0.224. The molecule has 0 bridgehead atoms. The van der Waals surface area contributed by atoms with Gasteiger partial charge in [0.15, 0.2) is 0 Å². The van der Waals surface area contributed by atoms with Crippen molar-refractivity contribution >= 4 is 23.7 Å². The molecule has 10 heteroatoms. The molecule has 0 atom stereocenters. The molecule has 0 aliphatic rings. The van der Waals surface area contributed by atoms with Crippen LogP contribution < -0.4 is 14.2 Å². The molecule has 0 spiro atoms. The number of carboxylic acids is 1. The van der Waals surface area contributed by atoms with E-state index in [-0.39, 0.29) is 12.3 Å². The summed E-state index contributed by atoms with van der Waals surface area (Å²) < 4.78 is 22.1. The third-order valence-electron chi connectivity index (χ3n) is 5.74. The first-order chi connectivity index (χ1) is 18.8. The molecule has 3 aromatic carbocycles. The summed E-state index contributed by atoms with van der Waals surface area (Å²) in [5, 5.41) is 9.92. The highest BCUT2D eigenvalue weighted by molar-refractivity contribution is 6.30. The van der Waals surface area contributed by atoms with Gasteiger partial charge in [0, 0.05) is 23.6 Å². The van der Waals surface area contributed by atoms with Crippen LogP contribution in [0.4, 0.5) is 4.79 Å². The number of oxazole rings is 1. The van der Waals surface area contributed by atoms with Crippen molar-refractivity contribution < 1.29 is 33.3 Å². The van der Waals surface area contributed by atoms with E-state index in [0.717, 1.165) is 27.5 Å². The summed E-state index contributed by atoms with van der Waals surface area (Å²) in [7, 11) is 1.53. The highest BCUT2D eigenvalue weighted by Gasteiger charge is 2.20. The molecule has 0 aliphatic carbocycles. The van der Waals surface area contributed by atoms with Crippen LogP contribution in [-0.2, 0) is 17.8 Å². The number of aryl methyl sites for hydroxylation is 1. The number of methoxy groups -OCH3 is 1. The van der Waals surface area contributed by atoms with Gasteiger partial charge in [-0.2, -0.15) is 0 Å². The summed E-state index contributed by atoms with van der Waals surface area (Å²) >= 11 is 5.95. The van der Waals surface area contributed by atoms with Gasteiger partial charge in [-0.05, 0) is 73.2 Å². The number of aliphatic carboxylic acids is 1. The van der Waals surface area contributed by atoms with Crippen LogP contribution in [0.1, 0.15) is 17.0 Å². The Balaban J connectivity index is 1.32. The zero-order chi connectivity index (χ0) is 27.8. The zero-order valence-corrected chi connectivity index (χ0v) is 22.2. The third-order valence-corrected chi connectivity index (χ3v) is 5.99. The molecule has 0 saturated carbocycles. The van der Waals surface area contributed by atoms with Gasteiger partial charge in [-0.15, -0.1) is 0 Å². The van der Waals surface area contributed by atoms with E-state index >= 15 is 0 Å². The molecule has 1 heterocycles. The number of hydrogen-bond acceptors (Lipinski definition) is 7. The van der Waals surface area contributed by atoms with Crippen molar-refractivity contribution in [1.29, 1.82) is 0 Å². The monoisotopic (exact) mass is 550 g/mol. The van der Waals surface area contributed by atoms with Gasteiger partial charge in [0.05, 0.1) is 19.4 Å². The van der Waals surface area contributed by atoms with Crippen LogP contribution in [0.15, 0.2) is 77.2 Å². The molecule has 39 heavy (non-hydrogen) atoms. The van der Waals surface area contributed by atoms with Crippen molar-refractivity contribution in [2.45, 2.75) is 19.9 Å². The second-order valence-electron chi connectivity index (χ2n) is 8.56. The van der Waals surface area contributed by atoms with Crippen molar-refractivity contribution in [2.24, 2.45) is 0 Å². The standard InChI is InChI=1S/C29H27ClN2O7/c1-19-26(31-28(38-19)21-5-7-22(30)8-6-21)15-16-37-24-9-3-20(4-10-24)17-32(18-27(33)34)29(35)39-25-13-11-23(36-2)12-14-25/h3-14H,15-18H2,1-2H3,(H,33,34). The lowest BCUT2D eigenvalue weighted by atomic mass is 10.2. The van der Waals surface area contributed by atoms with Crippen LogP contribution in [-0.4, -0.2) is 47.3 Å². The van der Waals surface area contributed by atoms with E-state index in [1.807, 2.05) is 19.1 Å². The van der Waals surface area contributed by atoms with E-state index < -0.39 is 18.6 Å². The molecule has 0 fully saturated rings. The number of carbonyl (C=O) groups is 2. The first-order valence-corrected chi connectivity index (χ1v) is 12.4. The van der Waals surface area contributed by atoms with Crippen LogP contribution in [0, 0.1) is 6.92 Å². The molecule has 0 radical (unpaired) electrons. The number of rotatable bonds is 11. The van der Waals surface area contributed by atoms with Gasteiger partial charge >= 0.3 is 12.1 Å². The Morgan fingerprint density at radius 1 is 0.949 bits per heavy atom. The van der Waals surface area contributed by atoms with Crippen molar-refractivity contribution in [1.82, 2.24) is 9.88 Å². The SMILES string of the molecule is COc1ccc(OC(=O)N(CC(=O)O)Cc2ccc(OCCc3nc(-c4ccc(Cl)cc4)oc3C)cc2)cc1. The summed E-state index contributed by atoms with van der Waals surface area (Å²) in [5.74, 6) is 1.62. The van der Waals surface area contributed by atoms with Crippen molar-refractivity contribution in [2.75, 3.05) is 20.3 Å². The maximum Gasteiger partial charge on any atom is 0.416 e. The van der Waals surface area contributed by atoms with Gasteiger partial charge < -0.3 is 23.7 Å². The Labute approximate surface area is 230 Å². The van der Waals surface area contributed by atoms with Crippen molar-refractivity contribution in [3.63, 3.8) is 0 Å². The largest absolute Gasteiger partial charge is 0.497 e. The molecule has 9 nitrogen and oxygen atoms in total. The molecule has 4 rings (SSSR count). The fourth-order valence-corrected chi connectivity index (χ4v) is 3.84. The number of ether oxygens (including phenoxy) is 3. The lowest BCUT2D eigenvalue weighted by Crippen LogP contribution is -2.37. The number of aromatic nitrogens is 1. The Bertz CT molecular complexity index is 1400. The van der Waals surface area contributed by atoms with Crippen molar-refractivity contribution in [3.8, 4) is 28.7 Å². The van der Waals surface area contributed by atoms with E-state index in [2.05, 4.69) is 4.98 Å². The molecule has 4 aromatic rings. The van der Waals surface area contributed by atoms with Gasteiger partial charge in [-0.25, -0.2) is 9.78 Å². The molecular weight excluding hydrogens is 524 g/mol. The molecular formula is C29H27ClN2O7. The number of carbonyl (C=O) groups excluding carboxylic acids is 1. The number of hydrogen-bond donors (Lipinski definition) is 1. The molecule has 0 unspecified atom stereocenters. The summed E-state index contributed by atoms with van der Waals surface area (Å²) in [6.45, 7) is 1.78. The number of benzene rings is 3. The van der Waals surface area contributed by atoms with Gasteiger partial charge in [0.1, 0.15) is 29.6 Å². The maximum atomic E-state index is 12.6. The smallest absolute Gasteiger partial charge is 0.416 e. The first-order valence-electron chi connectivity index (χ1n) is 12.1. The Morgan fingerprint density at radius 2 is 1.59 bits per heavy atom. The van der Waals surface area contributed by atoms with E-state index in [1.165, 1.54) is 7.11 Å². The lowest BCUT2D eigenvalue weighted by Gasteiger charge is -2.20. The molecule has 202 valence electrons.